The van der Waals surface area contributed by atoms with Crippen molar-refractivity contribution in [1.82, 2.24) is 5.32 Å². The molecular formula is C17H26FNO2. The molecule has 0 spiro atoms. The highest BCUT2D eigenvalue weighted by molar-refractivity contribution is 5.27. The lowest BCUT2D eigenvalue weighted by atomic mass is 10.1. The maximum atomic E-state index is 13.4. The summed E-state index contributed by atoms with van der Waals surface area (Å²) in [5.74, 6) is 0.338. The van der Waals surface area contributed by atoms with Crippen molar-refractivity contribution in [2.75, 3.05) is 13.2 Å². The van der Waals surface area contributed by atoms with Crippen LogP contribution < -0.4 is 10.1 Å². The topological polar surface area (TPSA) is 30.5 Å². The zero-order chi connectivity index (χ0) is 15.5. The third-order valence-corrected chi connectivity index (χ3v) is 3.63. The monoisotopic (exact) mass is 295 g/mol. The van der Waals surface area contributed by atoms with Crippen molar-refractivity contribution < 1.29 is 13.9 Å². The minimum Gasteiger partial charge on any atom is -0.491 e. The third-order valence-electron chi connectivity index (χ3n) is 3.63. The van der Waals surface area contributed by atoms with Gasteiger partial charge in [-0.3, -0.25) is 0 Å². The molecule has 1 aliphatic rings. The average molecular weight is 295 g/mol. The van der Waals surface area contributed by atoms with E-state index in [0.29, 0.717) is 17.9 Å². The van der Waals surface area contributed by atoms with Crippen molar-refractivity contribution in [3.05, 3.63) is 29.6 Å². The molecule has 3 nitrogen and oxygen atoms in total. The Labute approximate surface area is 126 Å². The van der Waals surface area contributed by atoms with Crippen LogP contribution in [0.3, 0.4) is 0 Å². The Bertz CT molecular complexity index is 470. The van der Waals surface area contributed by atoms with Gasteiger partial charge < -0.3 is 14.8 Å². The van der Waals surface area contributed by atoms with Gasteiger partial charge in [-0.25, -0.2) is 4.39 Å². The summed E-state index contributed by atoms with van der Waals surface area (Å²) in [6.07, 6.45) is 2.37. The molecular weight excluding hydrogens is 269 g/mol. The second-order valence-electron chi connectivity index (χ2n) is 6.81. The Morgan fingerprint density at radius 3 is 2.67 bits per heavy atom. The molecule has 2 atom stereocenters. The number of aryl methyl sites for hydroxylation is 1. The van der Waals surface area contributed by atoms with Crippen molar-refractivity contribution in [2.45, 2.75) is 58.3 Å². The van der Waals surface area contributed by atoms with E-state index < -0.39 is 0 Å². The lowest BCUT2D eigenvalue weighted by Gasteiger charge is -2.23. The van der Waals surface area contributed by atoms with E-state index in [-0.39, 0.29) is 23.6 Å². The fourth-order valence-electron chi connectivity index (χ4n) is 2.33. The van der Waals surface area contributed by atoms with Gasteiger partial charge in [0.15, 0.2) is 0 Å². The van der Waals surface area contributed by atoms with E-state index in [1.165, 1.54) is 6.07 Å². The molecule has 0 aromatic heterocycles. The van der Waals surface area contributed by atoms with Gasteiger partial charge in [0.1, 0.15) is 18.2 Å². The van der Waals surface area contributed by atoms with Gasteiger partial charge >= 0.3 is 0 Å². The van der Waals surface area contributed by atoms with Crippen molar-refractivity contribution in [2.24, 2.45) is 0 Å². The lowest BCUT2D eigenvalue weighted by molar-refractivity contribution is 0.0161. The molecule has 1 N–H and O–H groups in total. The van der Waals surface area contributed by atoms with Gasteiger partial charge in [0.05, 0.1) is 12.2 Å². The number of ether oxygens (including phenoxy) is 2. The first-order valence-electron chi connectivity index (χ1n) is 7.63. The predicted octanol–water partition coefficient (Wildman–Crippen LogP) is 3.45. The first kappa shape index (κ1) is 16.2. The summed E-state index contributed by atoms with van der Waals surface area (Å²) in [4.78, 5) is 0. The van der Waals surface area contributed by atoms with Crippen LogP contribution in [0.5, 0.6) is 5.75 Å². The van der Waals surface area contributed by atoms with Crippen LogP contribution in [0.4, 0.5) is 4.39 Å². The summed E-state index contributed by atoms with van der Waals surface area (Å²) in [6, 6.07) is 4.96. The summed E-state index contributed by atoms with van der Waals surface area (Å²) < 4.78 is 25.0. The molecule has 1 saturated heterocycles. The molecule has 21 heavy (non-hydrogen) atoms. The number of benzene rings is 1. The standard InChI is InChI=1S/C17H26FNO2/c1-12-5-6-13(9-16(12)18)20-11-15-8-7-14(21-15)10-19-17(2,3)4/h5-6,9,14-15,19H,7-8,10-11H2,1-4H3. The van der Waals surface area contributed by atoms with E-state index in [2.05, 4.69) is 26.1 Å². The molecule has 1 aliphatic heterocycles. The molecule has 1 aromatic rings. The number of hydrogen-bond acceptors (Lipinski definition) is 3. The minimum atomic E-state index is -0.230. The molecule has 2 unspecified atom stereocenters. The Balaban J connectivity index is 1.74. The van der Waals surface area contributed by atoms with Crippen molar-refractivity contribution >= 4 is 0 Å². The summed E-state index contributed by atoms with van der Waals surface area (Å²) in [5, 5.41) is 3.46. The van der Waals surface area contributed by atoms with Gasteiger partial charge in [-0.05, 0) is 52.2 Å². The summed E-state index contributed by atoms with van der Waals surface area (Å²) in [5.41, 5.74) is 0.741. The number of nitrogens with one attached hydrogen (secondary N) is 1. The molecule has 0 amide bonds. The zero-order valence-electron chi connectivity index (χ0n) is 13.4. The largest absolute Gasteiger partial charge is 0.491 e. The number of rotatable bonds is 5. The van der Waals surface area contributed by atoms with Crippen molar-refractivity contribution in [1.29, 1.82) is 0 Å². The fourth-order valence-corrected chi connectivity index (χ4v) is 2.33. The quantitative estimate of drug-likeness (QED) is 0.902. The maximum Gasteiger partial charge on any atom is 0.129 e. The van der Waals surface area contributed by atoms with E-state index in [4.69, 9.17) is 9.47 Å². The lowest BCUT2D eigenvalue weighted by Crippen LogP contribution is -2.41. The van der Waals surface area contributed by atoms with E-state index in [1.807, 2.05) is 0 Å². The van der Waals surface area contributed by atoms with Crippen LogP contribution in [0.25, 0.3) is 0 Å². The highest BCUT2D eigenvalue weighted by Gasteiger charge is 2.26. The summed E-state index contributed by atoms with van der Waals surface area (Å²) in [6.45, 7) is 9.52. The Kier molecular flexibility index (Phi) is 5.22. The van der Waals surface area contributed by atoms with Gasteiger partial charge in [-0.2, -0.15) is 0 Å². The van der Waals surface area contributed by atoms with E-state index in [9.17, 15) is 4.39 Å². The molecule has 4 heteroatoms. The normalized spacial score (nSPS) is 22.5. The summed E-state index contributed by atoms with van der Waals surface area (Å²) >= 11 is 0. The minimum absolute atomic E-state index is 0.0983. The smallest absolute Gasteiger partial charge is 0.129 e. The second-order valence-corrected chi connectivity index (χ2v) is 6.81. The molecule has 118 valence electrons. The molecule has 2 rings (SSSR count). The molecule has 1 fully saturated rings. The number of hydrogen-bond donors (Lipinski definition) is 1. The van der Waals surface area contributed by atoms with Crippen LogP contribution in [-0.4, -0.2) is 30.9 Å². The molecule has 1 heterocycles. The Hall–Kier alpha value is -1.13. The van der Waals surface area contributed by atoms with Crippen LogP contribution in [0, 0.1) is 12.7 Å². The van der Waals surface area contributed by atoms with Crippen molar-refractivity contribution in [3.63, 3.8) is 0 Å². The second kappa shape index (κ2) is 6.75. The number of halogens is 1. The van der Waals surface area contributed by atoms with E-state index in [1.54, 1.807) is 19.1 Å². The van der Waals surface area contributed by atoms with E-state index in [0.717, 1.165) is 19.4 Å². The van der Waals surface area contributed by atoms with Crippen LogP contribution in [0.2, 0.25) is 0 Å². The first-order valence-corrected chi connectivity index (χ1v) is 7.63. The van der Waals surface area contributed by atoms with Gasteiger partial charge in [-0.1, -0.05) is 6.07 Å². The summed E-state index contributed by atoms with van der Waals surface area (Å²) in [7, 11) is 0. The third kappa shape index (κ3) is 5.29. The van der Waals surface area contributed by atoms with Gasteiger partial charge in [0, 0.05) is 18.2 Å². The Morgan fingerprint density at radius 2 is 2.00 bits per heavy atom. The first-order chi connectivity index (χ1) is 9.83. The molecule has 1 aromatic carbocycles. The zero-order valence-corrected chi connectivity index (χ0v) is 13.4. The maximum absolute atomic E-state index is 13.4. The SMILES string of the molecule is Cc1ccc(OCC2CCC(CNC(C)(C)C)O2)cc1F. The average Bonchev–Trinajstić information content (AvgIpc) is 2.85. The van der Waals surface area contributed by atoms with Gasteiger partial charge in [0.25, 0.3) is 0 Å². The van der Waals surface area contributed by atoms with Gasteiger partial charge in [-0.15, -0.1) is 0 Å². The van der Waals surface area contributed by atoms with E-state index >= 15 is 0 Å². The van der Waals surface area contributed by atoms with Crippen LogP contribution in [-0.2, 0) is 4.74 Å². The highest BCUT2D eigenvalue weighted by atomic mass is 19.1. The molecule has 0 saturated carbocycles. The molecule has 0 bridgehead atoms. The molecule has 0 radical (unpaired) electrons. The van der Waals surface area contributed by atoms with Gasteiger partial charge in [0.2, 0.25) is 0 Å². The predicted molar refractivity (Wildman–Crippen MR) is 82.3 cm³/mol. The van der Waals surface area contributed by atoms with Crippen LogP contribution in [0.15, 0.2) is 18.2 Å². The van der Waals surface area contributed by atoms with Crippen LogP contribution in [0.1, 0.15) is 39.2 Å². The van der Waals surface area contributed by atoms with Crippen molar-refractivity contribution in [3.8, 4) is 5.75 Å². The Morgan fingerprint density at radius 1 is 1.29 bits per heavy atom. The fraction of sp³-hybridized carbons (Fsp3) is 0.647. The highest BCUT2D eigenvalue weighted by Crippen LogP contribution is 2.22. The van der Waals surface area contributed by atoms with Crippen LogP contribution >= 0.6 is 0 Å². The molecule has 0 aliphatic carbocycles.